The molecule has 7 nitrogen and oxygen atoms in total. The summed E-state index contributed by atoms with van der Waals surface area (Å²) >= 11 is 4.47. The molecule has 0 N–H and O–H groups in total. The number of halogens is 1. The number of nitrogens with zero attached hydrogens (tertiary/aromatic N) is 4. The summed E-state index contributed by atoms with van der Waals surface area (Å²) in [4.78, 5) is 7.91. The van der Waals surface area contributed by atoms with Crippen LogP contribution in [0.5, 0.6) is 5.88 Å². The van der Waals surface area contributed by atoms with Gasteiger partial charge in [0.15, 0.2) is 0 Å². The number of piperidine rings is 1. The van der Waals surface area contributed by atoms with Crippen LogP contribution in [0, 0.1) is 11.3 Å². The number of rotatable bonds is 4. The normalized spacial score (nSPS) is 18.9. The van der Waals surface area contributed by atoms with Gasteiger partial charge in [-0.1, -0.05) is 0 Å². The Bertz CT molecular complexity index is 878. The third-order valence-electron chi connectivity index (χ3n) is 3.53. The second-order valence-electron chi connectivity index (χ2n) is 5.13. The zero-order chi connectivity index (χ0) is 17.2. The lowest BCUT2D eigenvalue weighted by Gasteiger charge is -2.31. The first-order valence-electron chi connectivity index (χ1n) is 7.14. The molecule has 3 heterocycles. The summed E-state index contributed by atoms with van der Waals surface area (Å²) in [6.07, 6.45) is 3.87. The van der Waals surface area contributed by atoms with Crippen molar-refractivity contribution < 1.29 is 13.2 Å². The lowest BCUT2D eigenvalue weighted by atomic mass is 10.1. The molecular formula is C14H13BrN4O3S2. The molecule has 0 amide bonds. The maximum atomic E-state index is 12.7. The van der Waals surface area contributed by atoms with E-state index in [4.69, 9.17) is 10.00 Å². The number of nitriles is 1. The Balaban J connectivity index is 1.76. The molecule has 10 heteroatoms. The highest BCUT2D eigenvalue weighted by molar-refractivity contribution is 9.11. The fourth-order valence-corrected chi connectivity index (χ4v) is 6.10. The lowest BCUT2D eigenvalue weighted by molar-refractivity contribution is 0.124. The predicted octanol–water partition coefficient (Wildman–Crippen LogP) is 2.40. The van der Waals surface area contributed by atoms with Gasteiger partial charge in [0.2, 0.25) is 5.69 Å². The second kappa shape index (κ2) is 7.14. The number of hydrogen-bond donors (Lipinski definition) is 0. The molecule has 0 saturated carbocycles. The summed E-state index contributed by atoms with van der Waals surface area (Å²) in [5.41, 5.74) is 0.0969. The zero-order valence-corrected chi connectivity index (χ0v) is 15.6. The highest BCUT2D eigenvalue weighted by atomic mass is 79.9. The van der Waals surface area contributed by atoms with E-state index in [0.717, 1.165) is 3.79 Å². The van der Waals surface area contributed by atoms with E-state index in [-0.39, 0.29) is 24.2 Å². The summed E-state index contributed by atoms with van der Waals surface area (Å²) in [5, 5.41) is 9.04. The molecule has 0 radical (unpaired) electrons. The van der Waals surface area contributed by atoms with Crippen LogP contribution in [0.15, 0.2) is 32.5 Å². The molecule has 0 aliphatic carbocycles. The number of ether oxygens (including phenoxy) is 1. The highest BCUT2D eigenvalue weighted by Crippen LogP contribution is 2.30. The Labute approximate surface area is 152 Å². The summed E-state index contributed by atoms with van der Waals surface area (Å²) in [6, 6.07) is 5.23. The van der Waals surface area contributed by atoms with Gasteiger partial charge >= 0.3 is 0 Å². The first kappa shape index (κ1) is 17.3. The van der Waals surface area contributed by atoms with Crippen molar-refractivity contribution in [2.45, 2.75) is 23.2 Å². The Kier molecular flexibility index (Phi) is 5.15. The third kappa shape index (κ3) is 3.59. The minimum absolute atomic E-state index is 0.0969. The van der Waals surface area contributed by atoms with Crippen LogP contribution in [0.2, 0.25) is 0 Å². The molecule has 0 bridgehead atoms. The fraction of sp³-hybridized carbons (Fsp3) is 0.357. The van der Waals surface area contributed by atoms with Gasteiger partial charge in [-0.05, 0) is 40.9 Å². The minimum atomic E-state index is -3.54. The molecule has 2 aromatic heterocycles. The summed E-state index contributed by atoms with van der Waals surface area (Å²) in [7, 11) is -3.54. The molecule has 1 aliphatic rings. The van der Waals surface area contributed by atoms with Gasteiger partial charge in [0.05, 0.1) is 10.3 Å². The van der Waals surface area contributed by atoms with E-state index in [1.54, 1.807) is 12.1 Å². The number of sulfonamides is 1. The van der Waals surface area contributed by atoms with Crippen molar-refractivity contribution in [2.75, 3.05) is 13.1 Å². The molecule has 126 valence electrons. The molecule has 1 aliphatic heterocycles. The molecule has 24 heavy (non-hydrogen) atoms. The van der Waals surface area contributed by atoms with Gasteiger partial charge in [0.25, 0.3) is 15.9 Å². The summed E-state index contributed by atoms with van der Waals surface area (Å²) in [5.74, 6) is 0.142. The number of hydrogen-bond acceptors (Lipinski definition) is 7. The third-order valence-corrected chi connectivity index (χ3v) is 7.49. The van der Waals surface area contributed by atoms with Crippen molar-refractivity contribution in [3.8, 4) is 11.9 Å². The van der Waals surface area contributed by atoms with Crippen LogP contribution in [-0.4, -0.2) is 41.9 Å². The Hall–Kier alpha value is -1.54. The predicted molar refractivity (Wildman–Crippen MR) is 91.2 cm³/mol. The zero-order valence-electron chi connectivity index (χ0n) is 12.4. The quantitative estimate of drug-likeness (QED) is 0.741. The van der Waals surface area contributed by atoms with Crippen LogP contribution in [-0.2, 0) is 10.0 Å². The van der Waals surface area contributed by atoms with Crippen LogP contribution < -0.4 is 4.74 Å². The Morgan fingerprint density at radius 3 is 2.88 bits per heavy atom. The number of thiophene rings is 1. The molecule has 0 spiro atoms. The first-order chi connectivity index (χ1) is 11.5. The van der Waals surface area contributed by atoms with Gasteiger partial charge in [0, 0.05) is 18.9 Å². The maximum absolute atomic E-state index is 12.7. The smallest absolute Gasteiger partial charge is 0.252 e. The van der Waals surface area contributed by atoms with Gasteiger partial charge in [-0.2, -0.15) is 9.57 Å². The second-order valence-corrected chi connectivity index (χ2v) is 9.75. The topological polar surface area (TPSA) is 96.2 Å². The van der Waals surface area contributed by atoms with Crippen LogP contribution in [0.25, 0.3) is 0 Å². The van der Waals surface area contributed by atoms with Crippen LogP contribution >= 0.6 is 27.3 Å². The van der Waals surface area contributed by atoms with E-state index in [0.29, 0.717) is 23.6 Å². The maximum Gasteiger partial charge on any atom is 0.252 e. The van der Waals surface area contributed by atoms with Crippen LogP contribution in [0.3, 0.4) is 0 Å². The minimum Gasteiger partial charge on any atom is -0.471 e. The van der Waals surface area contributed by atoms with Crippen molar-refractivity contribution in [3.63, 3.8) is 0 Å². The molecular weight excluding hydrogens is 416 g/mol. The van der Waals surface area contributed by atoms with Crippen molar-refractivity contribution in [1.82, 2.24) is 14.3 Å². The van der Waals surface area contributed by atoms with Gasteiger partial charge in [-0.3, -0.25) is 0 Å². The van der Waals surface area contributed by atoms with E-state index in [1.807, 2.05) is 6.07 Å². The Morgan fingerprint density at radius 1 is 1.38 bits per heavy atom. The largest absolute Gasteiger partial charge is 0.471 e. The molecule has 1 saturated heterocycles. The van der Waals surface area contributed by atoms with E-state index >= 15 is 0 Å². The van der Waals surface area contributed by atoms with Crippen molar-refractivity contribution in [2.24, 2.45) is 0 Å². The van der Waals surface area contributed by atoms with Crippen LogP contribution in [0.1, 0.15) is 18.5 Å². The van der Waals surface area contributed by atoms with Crippen molar-refractivity contribution in [3.05, 3.63) is 34.0 Å². The average Bonchev–Trinajstić information content (AvgIpc) is 3.03. The van der Waals surface area contributed by atoms with E-state index in [2.05, 4.69) is 25.9 Å². The SMILES string of the molecule is N#Cc1nccnc1OC1CCCN(S(=O)(=O)c2ccc(Br)s2)C1. The summed E-state index contributed by atoms with van der Waals surface area (Å²) in [6.45, 7) is 0.669. The van der Waals surface area contributed by atoms with Gasteiger partial charge in [-0.15, -0.1) is 11.3 Å². The molecule has 1 fully saturated rings. The number of aromatic nitrogens is 2. The molecule has 0 aromatic carbocycles. The first-order valence-corrected chi connectivity index (χ1v) is 10.2. The monoisotopic (exact) mass is 428 g/mol. The average molecular weight is 429 g/mol. The molecule has 1 unspecified atom stereocenters. The molecule has 1 atom stereocenters. The van der Waals surface area contributed by atoms with Gasteiger partial charge in [0.1, 0.15) is 16.4 Å². The van der Waals surface area contributed by atoms with E-state index < -0.39 is 10.0 Å². The van der Waals surface area contributed by atoms with Crippen molar-refractivity contribution >= 4 is 37.3 Å². The van der Waals surface area contributed by atoms with Gasteiger partial charge < -0.3 is 4.74 Å². The highest BCUT2D eigenvalue weighted by Gasteiger charge is 2.32. The van der Waals surface area contributed by atoms with E-state index in [9.17, 15) is 8.42 Å². The molecule has 3 rings (SSSR count). The summed E-state index contributed by atoms with van der Waals surface area (Å²) < 4.78 is 33.6. The Morgan fingerprint density at radius 2 is 2.17 bits per heavy atom. The fourth-order valence-electron chi connectivity index (χ4n) is 2.43. The van der Waals surface area contributed by atoms with E-state index in [1.165, 1.54) is 28.0 Å². The van der Waals surface area contributed by atoms with Crippen molar-refractivity contribution in [1.29, 1.82) is 5.26 Å². The van der Waals surface area contributed by atoms with Crippen LogP contribution in [0.4, 0.5) is 0 Å². The lowest BCUT2D eigenvalue weighted by Crippen LogP contribution is -2.44. The van der Waals surface area contributed by atoms with Gasteiger partial charge in [-0.25, -0.2) is 18.4 Å². The molecule has 2 aromatic rings. The standard InChI is InChI=1S/C14H13BrN4O3S2/c15-12-3-4-13(23-12)24(20,21)19-7-1-2-10(9-19)22-14-11(8-16)17-5-6-18-14/h3-6,10H,1-2,7,9H2.